The van der Waals surface area contributed by atoms with E-state index in [2.05, 4.69) is 15.5 Å². The fraction of sp³-hybridized carbons (Fsp3) is 0.231. The molecule has 22 heavy (non-hydrogen) atoms. The maximum Gasteiger partial charge on any atom is 0.244 e. The Labute approximate surface area is 130 Å². The summed E-state index contributed by atoms with van der Waals surface area (Å²) >= 11 is 1.19. The molecule has 0 bridgehead atoms. The van der Waals surface area contributed by atoms with Gasteiger partial charge in [0.1, 0.15) is 12.4 Å². The van der Waals surface area contributed by atoms with Gasteiger partial charge in [0.05, 0.1) is 17.1 Å². The number of nitrogen functional groups attached to an aromatic ring is 1. The van der Waals surface area contributed by atoms with E-state index in [1.807, 2.05) is 12.1 Å². The highest BCUT2D eigenvalue weighted by Crippen LogP contribution is 2.29. The van der Waals surface area contributed by atoms with Crippen molar-refractivity contribution >= 4 is 35.0 Å². The minimum Gasteiger partial charge on any atom is -0.336 e. The number of aryl methyl sites for hydroxylation is 1. The molecular weight excluding hydrogens is 304 g/mol. The number of carbonyl (C=O) groups excluding carboxylic acids is 2. The van der Waals surface area contributed by atoms with Crippen molar-refractivity contribution in [2.75, 3.05) is 28.4 Å². The van der Waals surface area contributed by atoms with Gasteiger partial charge in [-0.2, -0.15) is 0 Å². The fourth-order valence-corrected chi connectivity index (χ4v) is 2.89. The third-order valence-corrected chi connectivity index (χ3v) is 4.16. The largest absolute Gasteiger partial charge is 0.336 e. The molecule has 2 amide bonds. The van der Waals surface area contributed by atoms with Gasteiger partial charge in [0.2, 0.25) is 17.0 Å². The number of amides is 2. The van der Waals surface area contributed by atoms with Crippen LogP contribution in [0, 0.1) is 6.92 Å². The summed E-state index contributed by atoms with van der Waals surface area (Å²) in [7, 11) is 0. The summed E-state index contributed by atoms with van der Waals surface area (Å²) in [5, 5.41) is 10.9. The van der Waals surface area contributed by atoms with Crippen molar-refractivity contribution in [2.24, 2.45) is 0 Å². The molecule has 9 heteroatoms. The van der Waals surface area contributed by atoms with Crippen LogP contribution in [0.15, 0.2) is 29.4 Å². The van der Waals surface area contributed by atoms with Crippen LogP contribution in [0.4, 0.5) is 11.4 Å². The third-order valence-electron chi connectivity index (χ3n) is 3.23. The Morgan fingerprint density at radius 1 is 1.41 bits per heavy atom. The molecule has 1 aromatic carbocycles. The van der Waals surface area contributed by atoms with Crippen LogP contribution in [0.25, 0.3) is 0 Å². The van der Waals surface area contributed by atoms with Crippen LogP contribution in [-0.2, 0) is 9.59 Å². The molecule has 0 radical (unpaired) electrons. The van der Waals surface area contributed by atoms with E-state index < -0.39 is 0 Å². The summed E-state index contributed by atoms with van der Waals surface area (Å²) in [6.45, 7) is 1.73. The molecule has 1 aliphatic rings. The van der Waals surface area contributed by atoms with Crippen molar-refractivity contribution in [2.45, 2.75) is 12.1 Å². The lowest BCUT2D eigenvalue weighted by Crippen LogP contribution is -2.43. The first-order chi connectivity index (χ1) is 10.6. The van der Waals surface area contributed by atoms with E-state index >= 15 is 0 Å². The Hall–Kier alpha value is -2.55. The van der Waals surface area contributed by atoms with Crippen LogP contribution in [0.3, 0.4) is 0 Å². The van der Waals surface area contributed by atoms with Gasteiger partial charge in [0.25, 0.3) is 0 Å². The maximum absolute atomic E-state index is 12.4. The summed E-state index contributed by atoms with van der Waals surface area (Å²) in [4.78, 5) is 25.6. The molecule has 0 unspecified atom stereocenters. The number of nitrogens with two attached hydrogens (primary N) is 1. The van der Waals surface area contributed by atoms with Crippen molar-refractivity contribution in [3.05, 3.63) is 30.1 Å². The SMILES string of the molecule is Cc1nnc(SCC(=O)N2CC(=O)Nc3ccccc32)n1N. The zero-order valence-electron chi connectivity index (χ0n) is 11.8. The van der Waals surface area contributed by atoms with Gasteiger partial charge in [0, 0.05) is 0 Å². The predicted octanol–water partition coefficient (Wildman–Crippen LogP) is 0.378. The Bertz CT molecular complexity index is 744. The van der Waals surface area contributed by atoms with Gasteiger partial charge < -0.3 is 16.1 Å². The minimum atomic E-state index is -0.213. The molecule has 0 aliphatic carbocycles. The highest BCUT2D eigenvalue weighted by Gasteiger charge is 2.26. The molecule has 0 fully saturated rings. The fourth-order valence-electron chi connectivity index (χ4n) is 2.11. The Morgan fingerprint density at radius 3 is 2.91 bits per heavy atom. The van der Waals surface area contributed by atoms with Gasteiger partial charge in [0.15, 0.2) is 0 Å². The normalized spacial score (nSPS) is 13.7. The smallest absolute Gasteiger partial charge is 0.244 e. The third kappa shape index (κ3) is 2.62. The van der Waals surface area contributed by atoms with Gasteiger partial charge in [-0.3, -0.25) is 9.59 Å². The number of anilines is 2. The Kier molecular flexibility index (Phi) is 3.72. The van der Waals surface area contributed by atoms with Crippen LogP contribution in [0.2, 0.25) is 0 Å². The number of para-hydroxylation sites is 2. The number of thioether (sulfide) groups is 1. The monoisotopic (exact) mass is 318 g/mol. The predicted molar refractivity (Wildman–Crippen MR) is 83.1 cm³/mol. The highest BCUT2D eigenvalue weighted by molar-refractivity contribution is 7.99. The second-order valence-corrected chi connectivity index (χ2v) is 5.68. The first-order valence-corrected chi connectivity index (χ1v) is 7.54. The van der Waals surface area contributed by atoms with Crippen molar-refractivity contribution < 1.29 is 9.59 Å². The first kappa shape index (κ1) is 14.4. The number of hydrogen-bond acceptors (Lipinski definition) is 6. The second kappa shape index (κ2) is 5.68. The summed E-state index contributed by atoms with van der Waals surface area (Å²) in [6.07, 6.45) is 0. The van der Waals surface area contributed by atoms with Crippen LogP contribution in [0.1, 0.15) is 5.82 Å². The molecule has 3 rings (SSSR count). The summed E-state index contributed by atoms with van der Waals surface area (Å²) < 4.78 is 1.33. The molecule has 0 atom stereocenters. The van der Waals surface area contributed by atoms with Gasteiger partial charge in [-0.05, 0) is 19.1 Å². The average Bonchev–Trinajstić information content (AvgIpc) is 2.83. The number of hydrogen-bond donors (Lipinski definition) is 2. The standard InChI is InChI=1S/C13H14N6O2S/c1-8-16-17-13(19(8)14)22-7-12(21)18-6-11(20)15-9-4-2-3-5-10(9)18/h2-5H,6-7,14H2,1H3,(H,15,20). The molecule has 8 nitrogen and oxygen atoms in total. The number of carbonyl (C=O) groups is 2. The maximum atomic E-state index is 12.4. The van der Waals surface area contributed by atoms with Crippen LogP contribution < -0.4 is 16.1 Å². The Morgan fingerprint density at radius 2 is 2.18 bits per heavy atom. The van der Waals surface area contributed by atoms with E-state index in [9.17, 15) is 9.59 Å². The van der Waals surface area contributed by atoms with E-state index in [0.717, 1.165) is 0 Å². The molecule has 0 saturated carbocycles. The number of nitrogens with zero attached hydrogens (tertiary/aromatic N) is 4. The minimum absolute atomic E-state index is 0.00471. The van der Waals surface area contributed by atoms with Gasteiger partial charge in [-0.25, -0.2) is 4.68 Å². The van der Waals surface area contributed by atoms with E-state index in [1.54, 1.807) is 19.1 Å². The average molecular weight is 318 g/mol. The second-order valence-electron chi connectivity index (χ2n) is 4.73. The molecule has 0 saturated heterocycles. The summed E-state index contributed by atoms with van der Waals surface area (Å²) in [5.74, 6) is 6.04. The van der Waals surface area contributed by atoms with Crippen molar-refractivity contribution in [3.63, 3.8) is 0 Å². The van der Waals surface area contributed by atoms with E-state index in [1.165, 1.54) is 21.3 Å². The van der Waals surface area contributed by atoms with Crippen LogP contribution in [-0.4, -0.2) is 39.0 Å². The summed E-state index contributed by atoms with van der Waals surface area (Å²) in [6, 6.07) is 7.19. The molecule has 0 spiro atoms. The topological polar surface area (TPSA) is 106 Å². The quantitative estimate of drug-likeness (QED) is 0.626. The lowest BCUT2D eigenvalue weighted by atomic mass is 10.2. The van der Waals surface area contributed by atoms with Gasteiger partial charge >= 0.3 is 0 Å². The van der Waals surface area contributed by atoms with E-state index in [4.69, 9.17) is 5.84 Å². The molecule has 114 valence electrons. The Balaban J connectivity index is 1.75. The van der Waals surface area contributed by atoms with Crippen molar-refractivity contribution in [1.29, 1.82) is 0 Å². The lowest BCUT2D eigenvalue weighted by molar-refractivity contribution is -0.120. The molecule has 1 aliphatic heterocycles. The van der Waals surface area contributed by atoms with Crippen molar-refractivity contribution in [1.82, 2.24) is 14.9 Å². The summed E-state index contributed by atoms with van der Waals surface area (Å²) in [5.41, 5.74) is 1.33. The van der Waals surface area contributed by atoms with Gasteiger partial charge in [-0.15, -0.1) is 10.2 Å². The van der Waals surface area contributed by atoms with E-state index in [-0.39, 0.29) is 24.1 Å². The van der Waals surface area contributed by atoms with E-state index in [0.29, 0.717) is 22.4 Å². The molecule has 3 N–H and O–H groups in total. The number of fused-ring (bicyclic) bond motifs is 1. The van der Waals surface area contributed by atoms with Crippen LogP contribution >= 0.6 is 11.8 Å². The molecular formula is C13H14N6O2S. The lowest BCUT2D eigenvalue weighted by Gasteiger charge is -2.28. The molecule has 1 aromatic heterocycles. The molecule has 2 aromatic rings. The van der Waals surface area contributed by atoms with Gasteiger partial charge in [-0.1, -0.05) is 23.9 Å². The zero-order valence-corrected chi connectivity index (χ0v) is 12.6. The van der Waals surface area contributed by atoms with Crippen LogP contribution in [0.5, 0.6) is 0 Å². The zero-order chi connectivity index (χ0) is 15.7. The highest BCUT2D eigenvalue weighted by atomic mass is 32.2. The number of nitrogens with one attached hydrogen (secondary N) is 1. The molecule has 2 heterocycles. The number of rotatable bonds is 3. The van der Waals surface area contributed by atoms with Crippen molar-refractivity contribution in [3.8, 4) is 0 Å². The number of aromatic nitrogens is 3. The first-order valence-electron chi connectivity index (χ1n) is 6.55. The number of benzene rings is 1.